The van der Waals surface area contributed by atoms with Gasteiger partial charge in [-0.25, -0.2) is 18.6 Å². The number of hydrogen-bond acceptors (Lipinski definition) is 5. The molecule has 13 heteroatoms. The van der Waals surface area contributed by atoms with Crippen LogP contribution in [0.4, 0.5) is 25.0 Å². The predicted octanol–water partition coefficient (Wildman–Crippen LogP) is 7.36. The van der Waals surface area contributed by atoms with Gasteiger partial charge in [-0.15, -0.1) is 0 Å². The fourth-order valence-corrected chi connectivity index (χ4v) is 5.91. The van der Waals surface area contributed by atoms with Crippen LogP contribution in [0.15, 0.2) is 42.5 Å². The highest BCUT2D eigenvalue weighted by Gasteiger charge is 2.33. The first-order chi connectivity index (χ1) is 20.7. The Morgan fingerprint density at radius 1 is 1.12 bits per heavy atom. The molecular weight excluding hydrogens is 603 g/mol. The number of anilines is 2. The van der Waals surface area contributed by atoms with Crippen molar-refractivity contribution < 1.29 is 27.9 Å². The van der Waals surface area contributed by atoms with Crippen molar-refractivity contribution in [3.8, 4) is 11.3 Å². The predicted molar refractivity (Wildman–Crippen MR) is 159 cm³/mol. The number of amides is 3. The first-order valence-electron chi connectivity index (χ1n) is 13.8. The normalized spacial score (nSPS) is 20.1. The van der Waals surface area contributed by atoms with Crippen LogP contribution in [0.25, 0.3) is 11.3 Å². The van der Waals surface area contributed by atoms with E-state index in [0.717, 1.165) is 6.07 Å². The highest BCUT2D eigenvalue weighted by Crippen LogP contribution is 2.39. The molecule has 2 atom stereocenters. The monoisotopic (exact) mass is 631 g/mol. The number of carbonyl (C=O) groups is 3. The molecule has 2 aromatic carbocycles. The number of nitrogens with one attached hydrogen (secondary N) is 3. The number of nitrogens with zero attached hydrogens (tertiary/aromatic N) is 2. The maximum atomic E-state index is 14.9. The van der Waals surface area contributed by atoms with E-state index in [1.165, 1.54) is 13.2 Å². The van der Waals surface area contributed by atoms with Crippen LogP contribution >= 0.6 is 23.2 Å². The molecule has 2 aliphatic rings. The summed E-state index contributed by atoms with van der Waals surface area (Å²) in [5.74, 6) is -2.04. The van der Waals surface area contributed by atoms with Crippen molar-refractivity contribution in [3.63, 3.8) is 0 Å². The molecule has 0 aliphatic carbocycles. The Labute approximate surface area is 256 Å². The van der Waals surface area contributed by atoms with Crippen molar-refractivity contribution in [2.75, 3.05) is 24.3 Å². The van der Waals surface area contributed by atoms with Crippen molar-refractivity contribution in [1.29, 1.82) is 0 Å². The molecular formula is C30H29Cl2F2N5O4. The van der Waals surface area contributed by atoms with Crippen LogP contribution in [0.2, 0.25) is 10.2 Å². The van der Waals surface area contributed by atoms with Crippen molar-refractivity contribution in [1.82, 2.24) is 14.9 Å². The number of hydrogen-bond donors (Lipinski definition) is 3. The molecule has 0 spiro atoms. The topological polar surface area (TPSA) is 116 Å². The van der Waals surface area contributed by atoms with E-state index >= 15 is 0 Å². The second-order valence-corrected chi connectivity index (χ2v) is 11.1. The van der Waals surface area contributed by atoms with Crippen LogP contribution < -0.4 is 10.6 Å². The number of aromatic amines is 1. The molecule has 3 N–H and O–H groups in total. The second-order valence-electron chi connectivity index (χ2n) is 10.3. The number of likely N-dealkylation sites (tertiary alicyclic amines) is 1. The number of rotatable bonds is 3. The molecule has 0 radical (unpaired) electrons. The SMILES string of the molecule is COC(=O)Nc1ccc2c(c1)NC(=O)CC/C=C/C[C@H](N1CCC(c3c(F)ccc(Cl)c3F)CCC1=O)c1nc-2c(Cl)[nH]1. The Hall–Kier alpha value is -3.96. The number of halogens is 4. The number of imidazole rings is 1. The van der Waals surface area contributed by atoms with Gasteiger partial charge in [-0.1, -0.05) is 35.4 Å². The van der Waals surface area contributed by atoms with Crippen LogP contribution in [-0.2, 0) is 14.3 Å². The van der Waals surface area contributed by atoms with Crippen molar-refractivity contribution in [3.05, 3.63) is 75.7 Å². The van der Waals surface area contributed by atoms with Crippen LogP contribution in [-0.4, -0.2) is 46.4 Å². The minimum atomic E-state index is -0.799. The second kappa shape index (κ2) is 13.1. The summed E-state index contributed by atoms with van der Waals surface area (Å²) >= 11 is 12.6. The van der Waals surface area contributed by atoms with Gasteiger partial charge in [-0.2, -0.15) is 0 Å². The van der Waals surface area contributed by atoms with Crippen LogP contribution in [0.5, 0.6) is 0 Å². The van der Waals surface area contributed by atoms with Crippen molar-refractivity contribution in [2.45, 2.75) is 50.5 Å². The molecule has 1 fully saturated rings. The van der Waals surface area contributed by atoms with E-state index in [0.29, 0.717) is 47.7 Å². The molecule has 43 heavy (non-hydrogen) atoms. The number of H-pyrrole nitrogens is 1. The molecule has 3 amide bonds. The molecule has 1 unspecified atom stereocenters. The zero-order valence-corrected chi connectivity index (χ0v) is 24.7. The van der Waals surface area contributed by atoms with Crippen molar-refractivity contribution >= 4 is 52.5 Å². The van der Waals surface area contributed by atoms with E-state index in [1.54, 1.807) is 23.1 Å². The zero-order chi connectivity index (χ0) is 30.7. The Kier molecular flexibility index (Phi) is 9.31. The first kappa shape index (κ1) is 30.5. The van der Waals surface area contributed by atoms with Gasteiger partial charge in [0.15, 0.2) is 0 Å². The van der Waals surface area contributed by atoms with E-state index < -0.39 is 29.7 Å². The Bertz CT molecular complexity index is 1590. The lowest BCUT2D eigenvalue weighted by atomic mass is 9.91. The average molecular weight is 632 g/mol. The lowest BCUT2D eigenvalue weighted by Crippen LogP contribution is -2.35. The summed E-state index contributed by atoms with van der Waals surface area (Å²) < 4.78 is 34.2. The molecule has 3 aromatic rings. The van der Waals surface area contributed by atoms with Gasteiger partial charge in [0.2, 0.25) is 11.8 Å². The first-order valence-corrected chi connectivity index (χ1v) is 14.5. The number of fused-ring (bicyclic) bond motifs is 4. The Morgan fingerprint density at radius 3 is 2.72 bits per heavy atom. The zero-order valence-electron chi connectivity index (χ0n) is 23.2. The fraction of sp³-hybridized carbons (Fsp3) is 0.333. The van der Waals surface area contributed by atoms with Crippen LogP contribution in [0, 0.1) is 11.6 Å². The van der Waals surface area contributed by atoms with Gasteiger partial charge in [0, 0.05) is 36.2 Å². The molecule has 226 valence electrons. The fourth-order valence-electron chi connectivity index (χ4n) is 5.50. The third kappa shape index (κ3) is 6.67. The van der Waals surface area contributed by atoms with E-state index in [1.807, 2.05) is 12.2 Å². The molecule has 2 bridgehead atoms. The summed E-state index contributed by atoms with van der Waals surface area (Å²) in [6.45, 7) is 0.222. The van der Waals surface area contributed by atoms with E-state index in [-0.39, 0.29) is 53.4 Å². The van der Waals surface area contributed by atoms with Gasteiger partial charge in [0.1, 0.15) is 28.3 Å². The van der Waals surface area contributed by atoms with Crippen molar-refractivity contribution in [2.24, 2.45) is 0 Å². The molecule has 1 saturated heterocycles. The lowest BCUT2D eigenvalue weighted by molar-refractivity contribution is -0.133. The minimum absolute atomic E-state index is 0.0782. The van der Waals surface area contributed by atoms with Gasteiger partial charge in [-0.3, -0.25) is 14.9 Å². The molecule has 9 nitrogen and oxygen atoms in total. The number of methoxy groups -OCH3 is 1. The molecule has 1 aromatic heterocycles. The highest BCUT2D eigenvalue weighted by atomic mass is 35.5. The number of ether oxygens (including phenoxy) is 1. The maximum Gasteiger partial charge on any atom is 0.411 e. The quantitative estimate of drug-likeness (QED) is 0.206. The van der Waals surface area contributed by atoms with Gasteiger partial charge < -0.3 is 19.9 Å². The molecule has 5 rings (SSSR count). The van der Waals surface area contributed by atoms with Crippen LogP contribution in [0.3, 0.4) is 0 Å². The van der Waals surface area contributed by atoms with Gasteiger partial charge in [-0.05, 0) is 61.9 Å². The smallest absolute Gasteiger partial charge is 0.411 e. The Balaban J connectivity index is 1.50. The summed E-state index contributed by atoms with van der Waals surface area (Å²) in [6, 6.07) is 6.62. The third-order valence-corrected chi connectivity index (χ3v) is 8.21. The van der Waals surface area contributed by atoms with Crippen LogP contribution in [0.1, 0.15) is 61.9 Å². The average Bonchev–Trinajstić information content (AvgIpc) is 3.26. The number of aromatic nitrogens is 2. The van der Waals surface area contributed by atoms with E-state index in [9.17, 15) is 23.2 Å². The molecule has 2 aliphatic heterocycles. The number of benzene rings is 2. The third-order valence-electron chi connectivity index (χ3n) is 7.65. The summed E-state index contributed by atoms with van der Waals surface area (Å²) in [6.07, 6.45) is 4.73. The summed E-state index contributed by atoms with van der Waals surface area (Å²) in [5, 5.41) is 5.46. The summed E-state index contributed by atoms with van der Waals surface area (Å²) in [5.41, 5.74) is 1.50. The highest BCUT2D eigenvalue weighted by molar-refractivity contribution is 6.32. The van der Waals surface area contributed by atoms with Gasteiger partial charge >= 0.3 is 6.09 Å². The standard InChI is InChI=1S/C30H29Cl2F2N5O4/c1-43-30(42)35-17-8-9-18-21(15-17)36-23(40)6-4-2-3-5-22(29-37-27(18)28(32)38-29)39-14-13-16(7-12-24(39)41)25-20(33)11-10-19(31)26(25)34/h2-3,8-11,15-16,22H,4-7,12-14H2,1H3,(H,35,42)(H,36,40)(H,37,38)/b3-2+/t16?,22-/m0/s1. The summed E-state index contributed by atoms with van der Waals surface area (Å²) in [7, 11) is 1.24. The largest absolute Gasteiger partial charge is 0.453 e. The van der Waals surface area contributed by atoms with E-state index in [2.05, 4.69) is 20.4 Å². The Morgan fingerprint density at radius 2 is 1.93 bits per heavy atom. The van der Waals surface area contributed by atoms with Gasteiger partial charge in [0.25, 0.3) is 0 Å². The summed E-state index contributed by atoms with van der Waals surface area (Å²) in [4.78, 5) is 47.5. The van der Waals surface area contributed by atoms with E-state index in [4.69, 9.17) is 28.2 Å². The van der Waals surface area contributed by atoms with Gasteiger partial charge in [0.05, 0.1) is 23.9 Å². The number of carbonyl (C=O) groups excluding carboxylic acids is 3. The molecule has 0 saturated carbocycles. The molecule has 3 heterocycles. The lowest BCUT2D eigenvalue weighted by Gasteiger charge is -2.29. The maximum absolute atomic E-state index is 14.9. The minimum Gasteiger partial charge on any atom is -0.453 e. The number of allylic oxidation sites excluding steroid dienone is 1.